The van der Waals surface area contributed by atoms with Crippen molar-refractivity contribution in [1.82, 2.24) is 9.38 Å². The molecule has 0 atom stereocenters. The maximum absolute atomic E-state index is 13.2. The summed E-state index contributed by atoms with van der Waals surface area (Å²) in [6, 6.07) is 21.4. The van der Waals surface area contributed by atoms with E-state index in [1.165, 1.54) is 22.7 Å². The minimum absolute atomic E-state index is 0.0528. The molecule has 0 aliphatic rings. The lowest BCUT2D eigenvalue weighted by Gasteiger charge is -2.12. The van der Waals surface area contributed by atoms with Gasteiger partial charge in [0.25, 0.3) is 5.56 Å². The van der Waals surface area contributed by atoms with Crippen LogP contribution in [0.5, 0.6) is 11.6 Å². The van der Waals surface area contributed by atoms with Gasteiger partial charge in [0.1, 0.15) is 27.9 Å². The summed E-state index contributed by atoms with van der Waals surface area (Å²) in [5.74, 6) is 0.366. The molecule has 0 aliphatic heterocycles. The standard InChI is InChI=1S/C24H17N3O4S/c1-17-9-5-6-12-21(17)31-23-20(24(28)27-14-8-7-13-22(27)26-23)15-19(16-25)32(29,30)18-10-3-2-4-11-18/h2-15H,1H3/b19-15+. The topological polar surface area (TPSA) is 102 Å². The van der Waals surface area contributed by atoms with Crippen molar-refractivity contribution < 1.29 is 13.2 Å². The van der Waals surface area contributed by atoms with E-state index in [9.17, 15) is 18.5 Å². The lowest BCUT2D eigenvalue weighted by molar-refractivity contribution is 0.457. The Morgan fingerprint density at radius 1 is 1.03 bits per heavy atom. The van der Waals surface area contributed by atoms with E-state index in [1.54, 1.807) is 54.6 Å². The molecule has 7 nitrogen and oxygen atoms in total. The number of nitrogens with zero attached hydrogens (tertiary/aromatic N) is 3. The van der Waals surface area contributed by atoms with E-state index in [-0.39, 0.29) is 16.3 Å². The van der Waals surface area contributed by atoms with Crippen molar-refractivity contribution in [3.63, 3.8) is 0 Å². The van der Waals surface area contributed by atoms with Gasteiger partial charge >= 0.3 is 0 Å². The summed E-state index contributed by atoms with van der Waals surface area (Å²) in [4.78, 5) is 17.0. The number of hydrogen-bond donors (Lipinski definition) is 0. The predicted molar refractivity (Wildman–Crippen MR) is 120 cm³/mol. The van der Waals surface area contributed by atoms with Gasteiger partial charge in [0.15, 0.2) is 0 Å². The molecule has 0 aliphatic carbocycles. The summed E-state index contributed by atoms with van der Waals surface area (Å²) in [5, 5.41) is 9.65. The second kappa shape index (κ2) is 8.49. The minimum Gasteiger partial charge on any atom is -0.438 e. The number of aryl methyl sites for hydroxylation is 1. The van der Waals surface area contributed by atoms with Crippen molar-refractivity contribution in [1.29, 1.82) is 5.26 Å². The molecule has 0 bridgehead atoms. The molecule has 158 valence electrons. The predicted octanol–water partition coefficient (Wildman–Crippen LogP) is 4.13. The Bertz CT molecular complexity index is 1550. The summed E-state index contributed by atoms with van der Waals surface area (Å²) >= 11 is 0. The van der Waals surface area contributed by atoms with Crippen molar-refractivity contribution >= 4 is 21.6 Å². The van der Waals surface area contributed by atoms with Crippen LogP contribution in [0.1, 0.15) is 11.1 Å². The van der Waals surface area contributed by atoms with Gasteiger partial charge in [0, 0.05) is 6.20 Å². The molecular formula is C24H17N3O4S. The van der Waals surface area contributed by atoms with Gasteiger partial charge in [-0.05, 0) is 48.9 Å². The molecule has 4 rings (SSSR count). The normalized spacial score (nSPS) is 11.8. The maximum atomic E-state index is 13.2. The Balaban J connectivity index is 1.96. The van der Waals surface area contributed by atoms with E-state index < -0.39 is 20.3 Å². The van der Waals surface area contributed by atoms with Crippen molar-refractivity contribution in [2.75, 3.05) is 0 Å². The quantitative estimate of drug-likeness (QED) is 0.430. The van der Waals surface area contributed by atoms with Gasteiger partial charge < -0.3 is 4.74 Å². The number of fused-ring (bicyclic) bond motifs is 1. The van der Waals surface area contributed by atoms with Crippen molar-refractivity contribution in [3.05, 3.63) is 105 Å². The summed E-state index contributed by atoms with van der Waals surface area (Å²) in [5.41, 5.74) is 0.417. The van der Waals surface area contributed by atoms with Crippen LogP contribution in [0, 0.1) is 18.3 Å². The molecule has 0 spiro atoms. The first-order chi connectivity index (χ1) is 15.4. The zero-order chi connectivity index (χ0) is 22.7. The average Bonchev–Trinajstić information content (AvgIpc) is 2.81. The zero-order valence-corrected chi connectivity index (χ0v) is 17.8. The van der Waals surface area contributed by atoms with Gasteiger partial charge in [0.2, 0.25) is 15.7 Å². The number of aromatic nitrogens is 2. The van der Waals surface area contributed by atoms with Crippen LogP contribution in [0.15, 0.2) is 93.6 Å². The molecular weight excluding hydrogens is 426 g/mol. The highest BCUT2D eigenvalue weighted by atomic mass is 32.2. The number of nitriles is 1. The lowest BCUT2D eigenvalue weighted by atomic mass is 10.2. The van der Waals surface area contributed by atoms with Crippen molar-refractivity contribution in [2.45, 2.75) is 11.8 Å². The fourth-order valence-electron chi connectivity index (χ4n) is 3.09. The molecule has 0 saturated heterocycles. The van der Waals surface area contributed by atoms with Gasteiger partial charge in [-0.25, -0.2) is 8.42 Å². The van der Waals surface area contributed by atoms with Gasteiger partial charge in [-0.2, -0.15) is 10.2 Å². The molecule has 0 radical (unpaired) electrons. The third kappa shape index (κ3) is 3.89. The van der Waals surface area contributed by atoms with Crippen LogP contribution in [0.4, 0.5) is 0 Å². The zero-order valence-electron chi connectivity index (χ0n) is 17.0. The SMILES string of the molecule is Cc1ccccc1Oc1nc2ccccn2c(=O)c1/C=C(\C#N)S(=O)(=O)c1ccccc1. The van der Waals surface area contributed by atoms with E-state index in [4.69, 9.17) is 4.74 Å². The number of sulfone groups is 1. The van der Waals surface area contributed by atoms with Gasteiger partial charge in [0.05, 0.1) is 4.90 Å². The fraction of sp³-hybridized carbons (Fsp3) is 0.0417. The fourth-order valence-corrected chi connectivity index (χ4v) is 4.25. The molecule has 2 aromatic carbocycles. The van der Waals surface area contributed by atoms with Crippen LogP contribution in [0.2, 0.25) is 0 Å². The highest BCUT2D eigenvalue weighted by Gasteiger charge is 2.23. The van der Waals surface area contributed by atoms with Crippen LogP contribution in [0.3, 0.4) is 0 Å². The third-order valence-corrected chi connectivity index (χ3v) is 6.44. The number of allylic oxidation sites excluding steroid dienone is 1. The van der Waals surface area contributed by atoms with Gasteiger partial charge in [-0.15, -0.1) is 0 Å². The summed E-state index contributed by atoms with van der Waals surface area (Å²) in [6.45, 7) is 1.83. The minimum atomic E-state index is -4.15. The summed E-state index contributed by atoms with van der Waals surface area (Å²) < 4.78 is 33.2. The Labute approximate surface area is 184 Å². The molecule has 4 aromatic rings. The van der Waals surface area contributed by atoms with Crippen LogP contribution in [0.25, 0.3) is 11.7 Å². The Hall–Kier alpha value is -4.22. The monoisotopic (exact) mass is 443 g/mol. The molecule has 0 saturated carbocycles. The van der Waals surface area contributed by atoms with E-state index in [0.717, 1.165) is 11.6 Å². The highest BCUT2D eigenvalue weighted by Crippen LogP contribution is 2.28. The number of benzene rings is 2. The molecule has 2 heterocycles. The third-order valence-electron chi connectivity index (χ3n) is 4.76. The number of ether oxygens (including phenoxy) is 1. The molecule has 0 N–H and O–H groups in total. The Morgan fingerprint density at radius 3 is 2.44 bits per heavy atom. The highest BCUT2D eigenvalue weighted by molar-refractivity contribution is 7.95. The average molecular weight is 443 g/mol. The largest absolute Gasteiger partial charge is 0.438 e. The van der Waals surface area contributed by atoms with Crippen LogP contribution in [-0.4, -0.2) is 17.8 Å². The van der Waals surface area contributed by atoms with Crippen molar-refractivity contribution in [3.8, 4) is 17.7 Å². The van der Waals surface area contributed by atoms with Crippen molar-refractivity contribution in [2.24, 2.45) is 0 Å². The van der Waals surface area contributed by atoms with E-state index in [2.05, 4.69) is 4.98 Å². The summed E-state index contributed by atoms with van der Waals surface area (Å²) in [7, 11) is -4.15. The second-order valence-corrected chi connectivity index (χ2v) is 8.79. The first-order valence-corrected chi connectivity index (χ1v) is 11.1. The number of para-hydroxylation sites is 1. The van der Waals surface area contributed by atoms with E-state index in [0.29, 0.717) is 11.4 Å². The Morgan fingerprint density at radius 2 is 1.72 bits per heavy atom. The van der Waals surface area contributed by atoms with E-state index >= 15 is 0 Å². The molecule has 0 amide bonds. The van der Waals surface area contributed by atoms with Crippen LogP contribution >= 0.6 is 0 Å². The Kier molecular flexibility index (Phi) is 5.58. The lowest BCUT2D eigenvalue weighted by Crippen LogP contribution is -2.19. The maximum Gasteiger partial charge on any atom is 0.269 e. The van der Waals surface area contributed by atoms with E-state index in [1.807, 2.05) is 19.1 Å². The molecule has 32 heavy (non-hydrogen) atoms. The molecule has 8 heteroatoms. The van der Waals surface area contributed by atoms with Crippen LogP contribution in [-0.2, 0) is 9.84 Å². The second-order valence-electron chi connectivity index (χ2n) is 6.87. The molecule has 2 aromatic heterocycles. The summed E-state index contributed by atoms with van der Waals surface area (Å²) in [6.07, 6.45) is 2.53. The molecule has 0 fully saturated rings. The first-order valence-electron chi connectivity index (χ1n) is 9.58. The number of rotatable bonds is 5. The number of hydrogen-bond acceptors (Lipinski definition) is 6. The molecule has 0 unspecified atom stereocenters. The van der Waals surface area contributed by atoms with Gasteiger partial charge in [-0.3, -0.25) is 9.20 Å². The smallest absolute Gasteiger partial charge is 0.269 e. The van der Waals surface area contributed by atoms with Crippen LogP contribution < -0.4 is 10.3 Å². The first kappa shape index (κ1) is 21.0. The van der Waals surface area contributed by atoms with Gasteiger partial charge in [-0.1, -0.05) is 42.5 Å². The number of pyridine rings is 1.